The molecule has 0 aromatic heterocycles. The van der Waals surface area contributed by atoms with E-state index < -0.39 is 0 Å². The Morgan fingerprint density at radius 1 is 0.821 bits per heavy atom. The Kier molecular flexibility index (Phi) is 7.30. The van der Waals surface area contributed by atoms with Crippen molar-refractivity contribution in [3.63, 3.8) is 0 Å². The smallest absolute Gasteiger partial charge is 0.262 e. The predicted molar refractivity (Wildman–Crippen MR) is 114 cm³/mol. The molecule has 4 heteroatoms. The fourth-order valence-corrected chi connectivity index (χ4v) is 2.99. The average molecular weight is 377 g/mol. The second kappa shape index (κ2) is 10.4. The lowest BCUT2D eigenvalue weighted by atomic mass is 10.1. The summed E-state index contributed by atoms with van der Waals surface area (Å²) in [5.74, 6) is 1.25. The highest BCUT2D eigenvalue weighted by atomic mass is 16.5. The lowest BCUT2D eigenvalue weighted by Crippen LogP contribution is -2.20. The van der Waals surface area contributed by atoms with Crippen molar-refractivity contribution < 1.29 is 14.3 Å². The fraction of sp³-hybridized carbons (Fsp3) is 0.292. The molecule has 3 aromatic carbocycles. The third-order valence-corrected chi connectivity index (χ3v) is 4.48. The van der Waals surface area contributed by atoms with Gasteiger partial charge in [-0.1, -0.05) is 62.6 Å². The molecule has 1 N–H and O–H groups in total. The van der Waals surface area contributed by atoms with E-state index in [9.17, 15) is 4.79 Å². The van der Waals surface area contributed by atoms with Gasteiger partial charge in [0.2, 0.25) is 0 Å². The predicted octanol–water partition coefficient (Wildman–Crippen LogP) is 5.82. The SMILES string of the molecule is CCCCCCOc1cccc(NC(=O)COc2ccc3ccccc3c2)c1. The van der Waals surface area contributed by atoms with Crippen LogP contribution in [0.4, 0.5) is 5.69 Å². The number of rotatable bonds is 10. The summed E-state index contributed by atoms with van der Waals surface area (Å²) < 4.78 is 11.4. The van der Waals surface area contributed by atoms with Gasteiger partial charge < -0.3 is 14.8 Å². The van der Waals surface area contributed by atoms with Crippen LogP contribution in [0.1, 0.15) is 32.6 Å². The number of fused-ring (bicyclic) bond motifs is 1. The monoisotopic (exact) mass is 377 g/mol. The van der Waals surface area contributed by atoms with Crippen LogP contribution in [0.15, 0.2) is 66.7 Å². The molecule has 0 saturated heterocycles. The zero-order valence-corrected chi connectivity index (χ0v) is 16.3. The fourth-order valence-electron chi connectivity index (χ4n) is 2.99. The highest BCUT2D eigenvalue weighted by Gasteiger charge is 2.06. The molecule has 3 rings (SSSR count). The molecule has 28 heavy (non-hydrogen) atoms. The van der Waals surface area contributed by atoms with E-state index in [0.717, 1.165) is 22.9 Å². The molecule has 0 aliphatic heterocycles. The summed E-state index contributed by atoms with van der Waals surface area (Å²) >= 11 is 0. The minimum Gasteiger partial charge on any atom is -0.494 e. The zero-order chi connectivity index (χ0) is 19.6. The van der Waals surface area contributed by atoms with Gasteiger partial charge in [-0.15, -0.1) is 0 Å². The Morgan fingerprint density at radius 2 is 1.64 bits per heavy atom. The molecule has 1 amide bonds. The number of hydrogen-bond donors (Lipinski definition) is 1. The van der Waals surface area contributed by atoms with E-state index in [2.05, 4.69) is 12.2 Å². The van der Waals surface area contributed by atoms with Gasteiger partial charge in [-0.3, -0.25) is 4.79 Å². The Balaban J connectivity index is 1.48. The number of hydrogen-bond acceptors (Lipinski definition) is 3. The summed E-state index contributed by atoms with van der Waals surface area (Å²) in [6.45, 7) is 2.85. The minimum atomic E-state index is -0.201. The summed E-state index contributed by atoms with van der Waals surface area (Å²) in [5.41, 5.74) is 0.707. The van der Waals surface area contributed by atoms with E-state index in [1.165, 1.54) is 19.3 Å². The molecule has 0 bridgehead atoms. The molecular weight excluding hydrogens is 350 g/mol. The Bertz CT molecular complexity index is 907. The maximum atomic E-state index is 12.2. The molecule has 0 aliphatic carbocycles. The maximum absolute atomic E-state index is 12.2. The highest BCUT2D eigenvalue weighted by Crippen LogP contribution is 2.21. The molecule has 146 valence electrons. The van der Waals surface area contributed by atoms with Crippen LogP contribution in [-0.2, 0) is 4.79 Å². The minimum absolute atomic E-state index is 0.0412. The van der Waals surface area contributed by atoms with Gasteiger partial charge in [-0.05, 0) is 41.5 Å². The summed E-state index contributed by atoms with van der Waals surface area (Å²) in [6, 6.07) is 21.3. The van der Waals surface area contributed by atoms with E-state index in [-0.39, 0.29) is 12.5 Å². The molecule has 3 aromatic rings. The van der Waals surface area contributed by atoms with Crippen molar-refractivity contribution in [2.24, 2.45) is 0 Å². The van der Waals surface area contributed by atoms with Crippen LogP contribution in [0.25, 0.3) is 10.8 Å². The first-order valence-electron chi connectivity index (χ1n) is 9.89. The Hall–Kier alpha value is -3.01. The number of carbonyl (C=O) groups is 1. The van der Waals surface area contributed by atoms with E-state index in [0.29, 0.717) is 18.0 Å². The van der Waals surface area contributed by atoms with Gasteiger partial charge in [-0.25, -0.2) is 0 Å². The highest BCUT2D eigenvalue weighted by molar-refractivity contribution is 5.92. The Morgan fingerprint density at radius 3 is 2.50 bits per heavy atom. The third-order valence-electron chi connectivity index (χ3n) is 4.48. The van der Waals surface area contributed by atoms with Crippen LogP contribution in [0.2, 0.25) is 0 Å². The van der Waals surface area contributed by atoms with Gasteiger partial charge in [0.1, 0.15) is 11.5 Å². The summed E-state index contributed by atoms with van der Waals surface area (Å²) in [7, 11) is 0. The van der Waals surface area contributed by atoms with Gasteiger partial charge in [0, 0.05) is 11.8 Å². The molecule has 0 saturated carbocycles. The number of benzene rings is 3. The number of ether oxygens (including phenoxy) is 2. The molecule has 0 heterocycles. The van der Waals surface area contributed by atoms with Crippen molar-refractivity contribution in [3.8, 4) is 11.5 Å². The van der Waals surface area contributed by atoms with Gasteiger partial charge in [-0.2, -0.15) is 0 Å². The molecule has 0 fully saturated rings. The lowest BCUT2D eigenvalue weighted by Gasteiger charge is -2.10. The largest absolute Gasteiger partial charge is 0.494 e. The van der Waals surface area contributed by atoms with E-state index in [1.54, 1.807) is 0 Å². The van der Waals surface area contributed by atoms with Crippen LogP contribution < -0.4 is 14.8 Å². The Labute approximate surface area is 166 Å². The van der Waals surface area contributed by atoms with Crippen molar-refractivity contribution in [1.29, 1.82) is 0 Å². The molecule has 0 spiro atoms. The first kappa shape index (κ1) is 19.7. The molecule has 0 atom stereocenters. The van der Waals surface area contributed by atoms with Crippen molar-refractivity contribution in [3.05, 3.63) is 66.7 Å². The van der Waals surface area contributed by atoms with Crippen molar-refractivity contribution in [2.45, 2.75) is 32.6 Å². The zero-order valence-electron chi connectivity index (χ0n) is 16.3. The van der Waals surface area contributed by atoms with Gasteiger partial charge in [0.25, 0.3) is 5.91 Å². The number of anilines is 1. The summed E-state index contributed by atoms with van der Waals surface area (Å²) in [4.78, 5) is 12.2. The second-order valence-electron chi connectivity index (χ2n) is 6.78. The molecule has 0 aliphatic rings. The van der Waals surface area contributed by atoms with Crippen LogP contribution in [0.5, 0.6) is 11.5 Å². The van der Waals surface area contributed by atoms with Gasteiger partial charge in [0.15, 0.2) is 6.61 Å². The maximum Gasteiger partial charge on any atom is 0.262 e. The van der Waals surface area contributed by atoms with E-state index in [4.69, 9.17) is 9.47 Å². The molecule has 4 nitrogen and oxygen atoms in total. The standard InChI is InChI=1S/C24H27NO3/c1-2-3-4-7-15-27-22-12-8-11-21(17-22)25-24(26)18-28-23-14-13-19-9-5-6-10-20(19)16-23/h5-6,8-14,16-17H,2-4,7,15,18H2,1H3,(H,25,26). The topological polar surface area (TPSA) is 47.6 Å². The number of carbonyl (C=O) groups excluding carboxylic acids is 1. The lowest BCUT2D eigenvalue weighted by molar-refractivity contribution is -0.118. The number of amides is 1. The van der Waals surface area contributed by atoms with E-state index >= 15 is 0 Å². The third kappa shape index (κ3) is 6.02. The quantitative estimate of drug-likeness (QED) is 0.453. The summed E-state index contributed by atoms with van der Waals surface area (Å²) in [6.07, 6.45) is 4.67. The second-order valence-corrected chi connectivity index (χ2v) is 6.78. The van der Waals surface area contributed by atoms with Gasteiger partial charge in [0.05, 0.1) is 6.61 Å². The van der Waals surface area contributed by atoms with Crippen molar-refractivity contribution in [2.75, 3.05) is 18.5 Å². The van der Waals surface area contributed by atoms with Crippen LogP contribution >= 0.6 is 0 Å². The first-order chi connectivity index (χ1) is 13.7. The average Bonchev–Trinajstić information content (AvgIpc) is 2.72. The number of unbranched alkanes of at least 4 members (excludes halogenated alkanes) is 3. The first-order valence-corrected chi connectivity index (χ1v) is 9.89. The molecule has 0 unspecified atom stereocenters. The number of nitrogens with one attached hydrogen (secondary N) is 1. The van der Waals surface area contributed by atoms with Crippen LogP contribution in [0, 0.1) is 0 Å². The van der Waals surface area contributed by atoms with Crippen molar-refractivity contribution >= 4 is 22.4 Å². The van der Waals surface area contributed by atoms with Crippen molar-refractivity contribution in [1.82, 2.24) is 0 Å². The van der Waals surface area contributed by atoms with Crippen LogP contribution in [-0.4, -0.2) is 19.1 Å². The molecular formula is C24H27NO3. The molecule has 0 radical (unpaired) electrons. The van der Waals surface area contributed by atoms with Crippen LogP contribution in [0.3, 0.4) is 0 Å². The van der Waals surface area contributed by atoms with E-state index in [1.807, 2.05) is 66.7 Å². The summed E-state index contributed by atoms with van der Waals surface area (Å²) in [5, 5.41) is 5.09. The normalized spacial score (nSPS) is 10.6. The van der Waals surface area contributed by atoms with Gasteiger partial charge >= 0.3 is 0 Å².